The van der Waals surface area contributed by atoms with Crippen LogP contribution >= 0.6 is 0 Å². The summed E-state index contributed by atoms with van der Waals surface area (Å²) in [6.45, 7) is 3.88. The van der Waals surface area contributed by atoms with Gasteiger partial charge in [0.25, 0.3) is 5.91 Å². The minimum Gasteiger partial charge on any atom is -0.368 e. The molecular formula is C19H22FN5O2. The zero-order valence-electron chi connectivity index (χ0n) is 15.0. The zero-order chi connectivity index (χ0) is 18.6. The second kappa shape index (κ2) is 7.87. The number of carbonyl (C=O) groups is 1. The van der Waals surface area contributed by atoms with Crippen LogP contribution in [-0.2, 0) is 9.53 Å². The third-order valence-electron chi connectivity index (χ3n) is 4.92. The summed E-state index contributed by atoms with van der Waals surface area (Å²) in [4.78, 5) is 16.4. The molecule has 3 heterocycles. The third-order valence-corrected chi connectivity index (χ3v) is 4.92. The molecule has 8 heteroatoms. The molecule has 0 bridgehead atoms. The molecular weight excluding hydrogens is 349 g/mol. The molecule has 2 saturated heterocycles. The maximum atomic E-state index is 13.1. The Morgan fingerprint density at radius 1 is 1.04 bits per heavy atom. The van der Waals surface area contributed by atoms with Crippen LogP contribution in [0.25, 0.3) is 0 Å². The highest BCUT2D eigenvalue weighted by Crippen LogP contribution is 2.20. The number of hydrogen-bond donors (Lipinski definition) is 1. The first-order valence-electron chi connectivity index (χ1n) is 9.21. The topological polar surface area (TPSA) is 70.6 Å². The van der Waals surface area contributed by atoms with Gasteiger partial charge in [0.2, 0.25) is 0 Å². The summed E-state index contributed by atoms with van der Waals surface area (Å²) in [5.41, 5.74) is 1.02. The van der Waals surface area contributed by atoms with Crippen molar-refractivity contribution >= 4 is 23.2 Å². The standard InChI is InChI=1S/C19H22FN5O2/c20-14-3-5-15(6-4-14)24-9-11-25(12-10-24)18-8-7-17(22-23-18)21-19(26)16-2-1-13-27-16/h3-8,16H,1-2,9-13H2,(H,21,22,26). The van der Waals surface area contributed by atoms with Crippen molar-refractivity contribution in [3.63, 3.8) is 0 Å². The summed E-state index contributed by atoms with van der Waals surface area (Å²) < 4.78 is 18.4. The Balaban J connectivity index is 1.32. The lowest BCUT2D eigenvalue weighted by molar-refractivity contribution is -0.124. The highest BCUT2D eigenvalue weighted by atomic mass is 19.1. The van der Waals surface area contributed by atoms with E-state index in [1.807, 2.05) is 6.07 Å². The van der Waals surface area contributed by atoms with Crippen LogP contribution in [-0.4, -0.2) is 55.0 Å². The summed E-state index contributed by atoms with van der Waals surface area (Å²) >= 11 is 0. The molecule has 1 N–H and O–H groups in total. The largest absolute Gasteiger partial charge is 0.368 e. The maximum Gasteiger partial charge on any atom is 0.254 e. The molecule has 1 aromatic carbocycles. The quantitative estimate of drug-likeness (QED) is 0.887. The number of piperazine rings is 1. The normalized spacial score (nSPS) is 20.0. The Bertz CT molecular complexity index is 770. The van der Waals surface area contributed by atoms with Crippen molar-refractivity contribution in [3.05, 3.63) is 42.2 Å². The minimum absolute atomic E-state index is 0.164. The molecule has 27 heavy (non-hydrogen) atoms. The van der Waals surface area contributed by atoms with Crippen LogP contribution in [0.3, 0.4) is 0 Å². The monoisotopic (exact) mass is 371 g/mol. The molecule has 2 aliphatic rings. The Kier molecular flexibility index (Phi) is 5.15. The Labute approximate surface area is 157 Å². The molecule has 0 spiro atoms. The molecule has 2 aliphatic heterocycles. The van der Waals surface area contributed by atoms with Gasteiger partial charge in [-0.15, -0.1) is 10.2 Å². The van der Waals surface area contributed by atoms with Gasteiger partial charge in [0.05, 0.1) is 0 Å². The number of rotatable bonds is 4. The number of nitrogens with zero attached hydrogens (tertiary/aromatic N) is 4. The van der Waals surface area contributed by atoms with E-state index < -0.39 is 0 Å². The van der Waals surface area contributed by atoms with Crippen LogP contribution in [0, 0.1) is 5.82 Å². The van der Waals surface area contributed by atoms with E-state index in [-0.39, 0.29) is 17.8 Å². The van der Waals surface area contributed by atoms with Gasteiger partial charge in [0, 0.05) is 38.5 Å². The lowest BCUT2D eigenvalue weighted by atomic mass is 10.2. The fourth-order valence-corrected chi connectivity index (χ4v) is 3.40. The summed E-state index contributed by atoms with van der Waals surface area (Å²) in [6.07, 6.45) is 1.27. The molecule has 2 fully saturated rings. The average molecular weight is 371 g/mol. The smallest absolute Gasteiger partial charge is 0.254 e. The number of carbonyl (C=O) groups excluding carboxylic acids is 1. The Morgan fingerprint density at radius 2 is 1.78 bits per heavy atom. The van der Waals surface area contributed by atoms with Crippen molar-refractivity contribution in [2.24, 2.45) is 0 Å². The summed E-state index contributed by atoms with van der Waals surface area (Å²) in [5.74, 6) is 0.829. The van der Waals surface area contributed by atoms with Gasteiger partial charge < -0.3 is 19.9 Å². The van der Waals surface area contributed by atoms with Crippen LogP contribution in [0.5, 0.6) is 0 Å². The van der Waals surface area contributed by atoms with E-state index in [9.17, 15) is 9.18 Å². The van der Waals surface area contributed by atoms with Crippen molar-refractivity contribution < 1.29 is 13.9 Å². The van der Waals surface area contributed by atoms with E-state index in [0.717, 1.165) is 50.5 Å². The van der Waals surface area contributed by atoms with Gasteiger partial charge in [-0.1, -0.05) is 0 Å². The van der Waals surface area contributed by atoms with Crippen molar-refractivity contribution in [2.45, 2.75) is 18.9 Å². The molecule has 0 radical (unpaired) electrons. The van der Waals surface area contributed by atoms with Crippen LogP contribution in [0.4, 0.5) is 21.7 Å². The van der Waals surface area contributed by atoms with Gasteiger partial charge >= 0.3 is 0 Å². The second-order valence-corrected chi connectivity index (χ2v) is 6.72. The molecule has 1 atom stereocenters. The summed E-state index contributed by atoms with van der Waals surface area (Å²) in [6, 6.07) is 10.2. The maximum absolute atomic E-state index is 13.1. The van der Waals surface area contributed by atoms with Gasteiger partial charge in [-0.05, 0) is 49.2 Å². The van der Waals surface area contributed by atoms with Crippen molar-refractivity contribution in [1.82, 2.24) is 10.2 Å². The van der Waals surface area contributed by atoms with Gasteiger partial charge in [0.1, 0.15) is 11.9 Å². The number of benzene rings is 1. The first-order valence-corrected chi connectivity index (χ1v) is 9.21. The number of hydrogen-bond acceptors (Lipinski definition) is 6. The van der Waals surface area contributed by atoms with Crippen LogP contribution in [0.1, 0.15) is 12.8 Å². The number of nitrogens with one attached hydrogen (secondary N) is 1. The fraction of sp³-hybridized carbons (Fsp3) is 0.421. The molecule has 2 aromatic rings. The number of anilines is 3. The molecule has 0 aliphatic carbocycles. The van der Waals surface area contributed by atoms with E-state index in [1.54, 1.807) is 18.2 Å². The SMILES string of the molecule is O=C(Nc1ccc(N2CCN(c3ccc(F)cc3)CC2)nn1)C1CCCO1. The van der Waals surface area contributed by atoms with Gasteiger partial charge in [-0.2, -0.15) is 0 Å². The zero-order valence-corrected chi connectivity index (χ0v) is 15.0. The predicted octanol–water partition coefficient (Wildman–Crippen LogP) is 2.06. The first-order chi connectivity index (χ1) is 13.2. The number of halogens is 1. The fourth-order valence-electron chi connectivity index (χ4n) is 3.40. The molecule has 7 nitrogen and oxygen atoms in total. The first kappa shape index (κ1) is 17.7. The molecule has 4 rings (SSSR count). The van der Waals surface area contributed by atoms with Crippen molar-refractivity contribution in [1.29, 1.82) is 0 Å². The van der Waals surface area contributed by atoms with E-state index in [1.165, 1.54) is 12.1 Å². The molecule has 1 amide bonds. The summed E-state index contributed by atoms with van der Waals surface area (Å²) in [7, 11) is 0. The highest BCUT2D eigenvalue weighted by Gasteiger charge is 2.24. The number of ether oxygens (including phenoxy) is 1. The predicted molar refractivity (Wildman–Crippen MR) is 100 cm³/mol. The molecule has 1 unspecified atom stereocenters. The van der Waals surface area contributed by atoms with Gasteiger partial charge in [-0.3, -0.25) is 4.79 Å². The Morgan fingerprint density at radius 3 is 2.41 bits per heavy atom. The molecule has 0 saturated carbocycles. The number of aromatic nitrogens is 2. The van der Waals surface area contributed by atoms with Crippen LogP contribution < -0.4 is 15.1 Å². The summed E-state index contributed by atoms with van der Waals surface area (Å²) in [5, 5.41) is 11.1. The van der Waals surface area contributed by atoms with E-state index in [0.29, 0.717) is 12.4 Å². The van der Waals surface area contributed by atoms with E-state index >= 15 is 0 Å². The van der Waals surface area contributed by atoms with Gasteiger partial charge in [-0.25, -0.2) is 4.39 Å². The van der Waals surface area contributed by atoms with Crippen LogP contribution in [0.15, 0.2) is 36.4 Å². The molecule has 142 valence electrons. The second-order valence-electron chi connectivity index (χ2n) is 6.72. The van der Waals surface area contributed by atoms with Crippen LogP contribution in [0.2, 0.25) is 0 Å². The Hall–Kier alpha value is -2.74. The van der Waals surface area contributed by atoms with E-state index in [4.69, 9.17) is 4.74 Å². The van der Waals surface area contributed by atoms with Crippen molar-refractivity contribution in [2.75, 3.05) is 47.9 Å². The van der Waals surface area contributed by atoms with Gasteiger partial charge in [0.15, 0.2) is 11.6 Å². The molecule has 1 aromatic heterocycles. The lowest BCUT2D eigenvalue weighted by Gasteiger charge is -2.36. The average Bonchev–Trinajstić information content (AvgIpc) is 3.24. The number of amides is 1. The minimum atomic E-state index is -0.383. The van der Waals surface area contributed by atoms with Crippen molar-refractivity contribution in [3.8, 4) is 0 Å². The lowest BCUT2D eigenvalue weighted by Crippen LogP contribution is -2.46. The van der Waals surface area contributed by atoms with E-state index in [2.05, 4.69) is 25.3 Å². The highest BCUT2D eigenvalue weighted by molar-refractivity contribution is 5.93. The third kappa shape index (κ3) is 4.16.